The Morgan fingerprint density at radius 1 is 1.67 bits per heavy atom. The van der Waals surface area contributed by atoms with Crippen molar-refractivity contribution >= 4 is 17.2 Å². The van der Waals surface area contributed by atoms with E-state index in [-0.39, 0.29) is 17.4 Å². The maximum absolute atomic E-state index is 12.5. The van der Waals surface area contributed by atoms with E-state index < -0.39 is 0 Å². The first-order chi connectivity index (χ1) is 10.2. The zero-order valence-electron chi connectivity index (χ0n) is 12.4. The number of aromatic nitrogens is 1. The Morgan fingerprint density at radius 3 is 3.33 bits per heavy atom. The molecule has 2 aliphatic heterocycles. The van der Waals surface area contributed by atoms with Gasteiger partial charge in [0.05, 0.1) is 18.2 Å². The lowest BCUT2D eigenvalue weighted by atomic mass is 9.73. The zero-order valence-corrected chi connectivity index (χ0v) is 13.2. The van der Waals surface area contributed by atoms with E-state index in [1.807, 2.05) is 17.2 Å². The molecule has 6 heteroatoms. The number of carbonyl (C=O) groups is 1. The first-order valence-electron chi connectivity index (χ1n) is 7.62. The van der Waals surface area contributed by atoms with Gasteiger partial charge in [0, 0.05) is 37.1 Å². The van der Waals surface area contributed by atoms with Crippen molar-refractivity contribution in [3.63, 3.8) is 0 Å². The Bertz CT molecular complexity index is 479. The number of fused-ring (bicyclic) bond motifs is 1. The van der Waals surface area contributed by atoms with Crippen LogP contribution in [0.4, 0.5) is 0 Å². The molecular formula is C15H22N2O3S. The number of ether oxygens (including phenoxy) is 2. The second-order valence-electron chi connectivity index (χ2n) is 5.85. The standard InChI is InChI=1S/C15H22N2O3S/c1-2-19-10-15-5-3-7-20-13(15)4-6-17(9-15)14(18)12-8-21-11-16-12/h8,11,13H,2-7,9-10H2,1H3/t13-,15-/m1/s1. The Hall–Kier alpha value is -0.980. The molecule has 0 unspecified atom stereocenters. The van der Waals surface area contributed by atoms with Crippen molar-refractivity contribution in [3.8, 4) is 0 Å². The highest BCUT2D eigenvalue weighted by atomic mass is 32.1. The summed E-state index contributed by atoms with van der Waals surface area (Å²) in [5.41, 5.74) is 2.22. The summed E-state index contributed by atoms with van der Waals surface area (Å²) in [6.07, 6.45) is 3.22. The van der Waals surface area contributed by atoms with Gasteiger partial charge < -0.3 is 14.4 Å². The minimum atomic E-state index is -0.0435. The summed E-state index contributed by atoms with van der Waals surface area (Å²) >= 11 is 1.46. The van der Waals surface area contributed by atoms with E-state index in [2.05, 4.69) is 4.98 Å². The smallest absolute Gasteiger partial charge is 0.273 e. The quantitative estimate of drug-likeness (QED) is 0.855. The first kappa shape index (κ1) is 14.9. The van der Waals surface area contributed by atoms with Gasteiger partial charge >= 0.3 is 0 Å². The Labute approximate surface area is 129 Å². The molecular weight excluding hydrogens is 288 g/mol. The molecule has 3 heterocycles. The lowest BCUT2D eigenvalue weighted by Crippen LogP contribution is -2.58. The molecule has 5 nitrogen and oxygen atoms in total. The SMILES string of the molecule is CCOC[C@]12CCCO[C@@H]1CCN(C(=O)c1cscn1)C2. The van der Waals surface area contributed by atoms with E-state index >= 15 is 0 Å². The number of rotatable bonds is 4. The number of thiazole rings is 1. The highest BCUT2D eigenvalue weighted by molar-refractivity contribution is 7.07. The van der Waals surface area contributed by atoms with Gasteiger partial charge in [-0.3, -0.25) is 4.79 Å². The van der Waals surface area contributed by atoms with Crippen molar-refractivity contribution < 1.29 is 14.3 Å². The third kappa shape index (κ3) is 2.98. The van der Waals surface area contributed by atoms with Crippen molar-refractivity contribution in [2.75, 3.05) is 32.9 Å². The maximum atomic E-state index is 12.5. The molecule has 0 aromatic carbocycles. The summed E-state index contributed by atoms with van der Waals surface area (Å²) in [4.78, 5) is 18.6. The molecule has 116 valence electrons. The predicted molar refractivity (Wildman–Crippen MR) is 80.5 cm³/mol. The van der Waals surface area contributed by atoms with Crippen molar-refractivity contribution in [3.05, 3.63) is 16.6 Å². The second-order valence-corrected chi connectivity index (χ2v) is 6.57. The van der Waals surface area contributed by atoms with Crippen LogP contribution in [0.1, 0.15) is 36.7 Å². The lowest BCUT2D eigenvalue weighted by molar-refractivity contribution is -0.146. The number of piperidine rings is 1. The van der Waals surface area contributed by atoms with Crippen molar-refractivity contribution in [1.29, 1.82) is 0 Å². The lowest BCUT2D eigenvalue weighted by Gasteiger charge is -2.50. The second kappa shape index (κ2) is 6.42. The summed E-state index contributed by atoms with van der Waals surface area (Å²) < 4.78 is 11.7. The molecule has 0 bridgehead atoms. The fourth-order valence-electron chi connectivity index (χ4n) is 3.46. The molecule has 2 atom stereocenters. The first-order valence-corrected chi connectivity index (χ1v) is 8.56. The van der Waals surface area contributed by atoms with E-state index in [1.54, 1.807) is 5.51 Å². The molecule has 2 aliphatic rings. The monoisotopic (exact) mass is 310 g/mol. The number of likely N-dealkylation sites (tertiary alicyclic amines) is 1. The van der Waals surface area contributed by atoms with E-state index in [4.69, 9.17) is 9.47 Å². The number of amides is 1. The molecule has 2 saturated heterocycles. The largest absolute Gasteiger partial charge is 0.381 e. The Morgan fingerprint density at radius 2 is 2.57 bits per heavy atom. The minimum absolute atomic E-state index is 0.0381. The molecule has 1 aromatic rings. The van der Waals surface area contributed by atoms with Crippen LogP contribution >= 0.6 is 11.3 Å². The molecule has 1 aromatic heterocycles. The van der Waals surface area contributed by atoms with Crippen LogP contribution < -0.4 is 0 Å². The van der Waals surface area contributed by atoms with Gasteiger partial charge in [0.15, 0.2) is 0 Å². The van der Waals surface area contributed by atoms with E-state index in [0.29, 0.717) is 25.5 Å². The van der Waals surface area contributed by atoms with Gasteiger partial charge in [0.2, 0.25) is 0 Å². The van der Waals surface area contributed by atoms with Gasteiger partial charge in [-0.05, 0) is 26.2 Å². The number of nitrogens with zero attached hydrogens (tertiary/aromatic N) is 2. The maximum Gasteiger partial charge on any atom is 0.273 e. The van der Waals surface area contributed by atoms with Gasteiger partial charge in [-0.15, -0.1) is 11.3 Å². The van der Waals surface area contributed by atoms with E-state index in [1.165, 1.54) is 11.3 Å². The van der Waals surface area contributed by atoms with Crippen LogP contribution in [0.25, 0.3) is 0 Å². The van der Waals surface area contributed by atoms with E-state index in [0.717, 1.165) is 32.4 Å². The van der Waals surface area contributed by atoms with Crippen molar-refractivity contribution in [2.24, 2.45) is 5.41 Å². The summed E-state index contributed by atoms with van der Waals surface area (Å²) in [7, 11) is 0. The van der Waals surface area contributed by atoms with Crippen LogP contribution in [0.15, 0.2) is 10.9 Å². The summed E-state index contributed by atoms with van der Waals surface area (Å²) in [6, 6.07) is 0. The van der Waals surface area contributed by atoms with Crippen LogP contribution in [-0.4, -0.2) is 54.8 Å². The third-order valence-electron chi connectivity index (χ3n) is 4.52. The summed E-state index contributed by atoms with van der Waals surface area (Å²) in [5, 5.41) is 1.82. The third-order valence-corrected chi connectivity index (χ3v) is 5.11. The molecule has 0 aliphatic carbocycles. The highest BCUT2D eigenvalue weighted by Gasteiger charge is 2.47. The van der Waals surface area contributed by atoms with Gasteiger partial charge in [-0.1, -0.05) is 0 Å². The van der Waals surface area contributed by atoms with Gasteiger partial charge in [-0.25, -0.2) is 4.98 Å². The molecule has 1 amide bonds. The molecule has 0 N–H and O–H groups in total. The zero-order chi connectivity index (χ0) is 14.7. The molecule has 2 fully saturated rings. The summed E-state index contributed by atoms with van der Waals surface area (Å²) in [5.74, 6) is 0.0381. The van der Waals surface area contributed by atoms with Crippen molar-refractivity contribution in [2.45, 2.75) is 32.3 Å². The van der Waals surface area contributed by atoms with Crippen LogP contribution in [-0.2, 0) is 9.47 Å². The predicted octanol–water partition coefficient (Wildman–Crippen LogP) is 2.19. The Kier molecular flexibility index (Phi) is 4.57. The van der Waals surface area contributed by atoms with Crippen LogP contribution in [0, 0.1) is 5.41 Å². The van der Waals surface area contributed by atoms with Crippen LogP contribution in [0.2, 0.25) is 0 Å². The van der Waals surface area contributed by atoms with Crippen LogP contribution in [0.3, 0.4) is 0 Å². The van der Waals surface area contributed by atoms with Gasteiger partial charge in [0.1, 0.15) is 5.69 Å². The fraction of sp³-hybridized carbons (Fsp3) is 0.733. The average molecular weight is 310 g/mol. The molecule has 0 radical (unpaired) electrons. The van der Waals surface area contributed by atoms with E-state index in [9.17, 15) is 4.79 Å². The fourth-order valence-corrected chi connectivity index (χ4v) is 3.99. The topological polar surface area (TPSA) is 51.7 Å². The summed E-state index contributed by atoms with van der Waals surface area (Å²) in [6.45, 7) is 5.68. The normalized spacial score (nSPS) is 29.2. The number of hydrogen-bond acceptors (Lipinski definition) is 5. The molecule has 0 spiro atoms. The van der Waals surface area contributed by atoms with Crippen molar-refractivity contribution in [1.82, 2.24) is 9.88 Å². The molecule has 3 rings (SSSR count). The van der Waals surface area contributed by atoms with Gasteiger partial charge in [-0.2, -0.15) is 0 Å². The molecule has 21 heavy (non-hydrogen) atoms. The number of carbonyl (C=O) groups excluding carboxylic acids is 1. The van der Waals surface area contributed by atoms with Crippen LogP contribution in [0.5, 0.6) is 0 Å². The minimum Gasteiger partial charge on any atom is -0.381 e. The average Bonchev–Trinajstić information content (AvgIpc) is 3.06. The molecule has 0 saturated carbocycles. The highest BCUT2D eigenvalue weighted by Crippen LogP contribution is 2.40. The number of hydrogen-bond donors (Lipinski definition) is 0. The van der Waals surface area contributed by atoms with Gasteiger partial charge in [0.25, 0.3) is 5.91 Å². The Balaban J connectivity index is 1.76.